The van der Waals surface area contributed by atoms with Crippen molar-refractivity contribution in [3.8, 4) is 0 Å². The second kappa shape index (κ2) is 7.98. The number of carbonyl (C=O) groups excluding carboxylic acids is 1. The lowest BCUT2D eigenvalue weighted by Gasteiger charge is -2.35. The molecule has 132 valence electrons. The minimum atomic E-state index is -0.974. The highest BCUT2D eigenvalue weighted by molar-refractivity contribution is 5.90. The van der Waals surface area contributed by atoms with Gasteiger partial charge in [-0.25, -0.2) is 13.8 Å². The van der Waals surface area contributed by atoms with E-state index in [0.717, 1.165) is 44.1 Å². The standard InChI is InChI=1S/C17H19F2N5O/c18-14-2-1-13(11-15(14)19)22-17(25)3-6-23-7-9-24(10-8-23)16-12-20-4-5-21-16/h1-2,4-5,11-12H,3,6-10H2,(H,22,25). The Morgan fingerprint density at radius 1 is 1.12 bits per heavy atom. The van der Waals surface area contributed by atoms with Gasteiger partial charge in [0.2, 0.25) is 5.91 Å². The fourth-order valence-electron chi connectivity index (χ4n) is 2.71. The van der Waals surface area contributed by atoms with E-state index in [0.29, 0.717) is 13.0 Å². The molecule has 1 aromatic heterocycles. The first-order valence-electron chi connectivity index (χ1n) is 8.10. The Labute approximate surface area is 144 Å². The molecule has 3 rings (SSSR count). The van der Waals surface area contributed by atoms with E-state index in [1.165, 1.54) is 6.07 Å². The van der Waals surface area contributed by atoms with E-state index in [1.807, 2.05) is 0 Å². The number of nitrogens with zero attached hydrogens (tertiary/aromatic N) is 4. The van der Waals surface area contributed by atoms with Crippen LogP contribution in [0.1, 0.15) is 6.42 Å². The van der Waals surface area contributed by atoms with Crippen LogP contribution in [0.5, 0.6) is 0 Å². The lowest BCUT2D eigenvalue weighted by molar-refractivity contribution is -0.116. The van der Waals surface area contributed by atoms with Crippen molar-refractivity contribution in [1.82, 2.24) is 14.9 Å². The number of carbonyl (C=O) groups is 1. The highest BCUT2D eigenvalue weighted by Crippen LogP contribution is 2.14. The quantitative estimate of drug-likeness (QED) is 0.895. The Balaban J connectivity index is 1.42. The minimum Gasteiger partial charge on any atom is -0.353 e. The van der Waals surface area contributed by atoms with Crippen LogP contribution in [0.3, 0.4) is 0 Å². The molecule has 0 bridgehead atoms. The Morgan fingerprint density at radius 2 is 1.92 bits per heavy atom. The van der Waals surface area contributed by atoms with Gasteiger partial charge in [0.05, 0.1) is 6.20 Å². The fraction of sp³-hybridized carbons (Fsp3) is 0.353. The molecular weight excluding hydrogens is 328 g/mol. The van der Waals surface area contributed by atoms with Gasteiger partial charge in [0.25, 0.3) is 0 Å². The number of aromatic nitrogens is 2. The fourth-order valence-corrected chi connectivity index (χ4v) is 2.71. The predicted octanol–water partition coefficient (Wildman–Crippen LogP) is 1.91. The van der Waals surface area contributed by atoms with Crippen LogP contribution in [0, 0.1) is 11.6 Å². The molecule has 0 aliphatic carbocycles. The van der Waals surface area contributed by atoms with Crippen molar-refractivity contribution in [2.45, 2.75) is 6.42 Å². The first-order chi connectivity index (χ1) is 12.1. The van der Waals surface area contributed by atoms with Crippen molar-refractivity contribution in [3.05, 3.63) is 48.4 Å². The van der Waals surface area contributed by atoms with Crippen LogP contribution in [0.2, 0.25) is 0 Å². The van der Waals surface area contributed by atoms with Crippen LogP contribution >= 0.6 is 0 Å². The molecule has 1 amide bonds. The lowest BCUT2D eigenvalue weighted by atomic mass is 10.2. The molecule has 6 nitrogen and oxygen atoms in total. The molecule has 0 saturated carbocycles. The third-order valence-electron chi connectivity index (χ3n) is 4.10. The highest BCUT2D eigenvalue weighted by Gasteiger charge is 2.18. The molecule has 1 fully saturated rings. The average molecular weight is 347 g/mol. The zero-order chi connectivity index (χ0) is 17.6. The third kappa shape index (κ3) is 4.69. The molecule has 0 radical (unpaired) electrons. The summed E-state index contributed by atoms with van der Waals surface area (Å²) in [5, 5.41) is 2.58. The third-order valence-corrected chi connectivity index (χ3v) is 4.10. The molecule has 0 spiro atoms. The van der Waals surface area contributed by atoms with Gasteiger partial charge in [-0.3, -0.25) is 14.7 Å². The number of anilines is 2. The van der Waals surface area contributed by atoms with E-state index in [9.17, 15) is 13.6 Å². The summed E-state index contributed by atoms with van der Waals surface area (Å²) in [6, 6.07) is 3.32. The topological polar surface area (TPSA) is 61.4 Å². The zero-order valence-corrected chi connectivity index (χ0v) is 13.7. The summed E-state index contributed by atoms with van der Waals surface area (Å²) in [4.78, 5) is 24.7. The number of hydrogen-bond acceptors (Lipinski definition) is 5. The van der Waals surface area contributed by atoms with Gasteiger partial charge in [0.1, 0.15) is 5.82 Å². The summed E-state index contributed by atoms with van der Waals surface area (Å²) < 4.78 is 26.0. The first-order valence-corrected chi connectivity index (χ1v) is 8.10. The van der Waals surface area contributed by atoms with Crippen molar-refractivity contribution in [2.75, 3.05) is 42.9 Å². The summed E-state index contributed by atoms with van der Waals surface area (Å²) in [6.45, 7) is 3.92. The van der Waals surface area contributed by atoms with Gasteiger partial charge in [-0.1, -0.05) is 0 Å². The number of amides is 1. The van der Waals surface area contributed by atoms with E-state index < -0.39 is 11.6 Å². The van der Waals surface area contributed by atoms with Gasteiger partial charge >= 0.3 is 0 Å². The number of benzene rings is 1. The van der Waals surface area contributed by atoms with E-state index in [4.69, 9.17) is 0 Å². The zero-order valence-electron chi connectivity index (χ0n) is 13.7. The molecule has 1 saturated heterocycles. The van der Waals surface area contributed by atoms with Crippen LogP contribution in [0.4, 0.5) is 20.3 Å². The van der Waals surface area contributed by atoms with Crippen molar-refractivity contribution in [3.63, 3.8) is 0 Å². The smallest absolute Gasteiger partial charge is 0.225 e. The second-order valence-electron chi connectivity index (χ2n) is 5.82. The van der Waals surface area contributed by atoms with E-state index in [1.54, 1.807) is 18.6 Å². The maximum Gasteiger partial charge on any atom is 0.225 e. The minimum absolute atomic E-state index is 0.220. The number of piperazine rings is 1. The number of halogens is 2. The molecule has 1 aliphatic heterocycles. The maximum atomic E-state index is 13.1. The summed E-state index contributed by atoms with van der Waals surface area (Å²) in [7, 11) is 0. The number of rotatable bonds is 5. The van der Waals surface area contributed by atoms with Crippen LogP contribution in [0.25, 0.3) is 0 Å². The van der Waals surface area contributed by atoms with Crippen LogP contribution < -0.4 is 10.2 Å². The van der Waals surface area contributed by atoms with E-state index in [-0.39, 0.29) is 11.6 Å². The summed E-state index contributed by atoms with van der Waals surface area (Å²) in [6.07, 6.45) is 5.35. The Bertz CT molecular complexity index is 720. The van der Waals surface area contributed by atoms with Crippen molar-refractivity contribution in [2.24, 2.45) is 0 Å². The largest absolute Gasteiger partial charge is 0.353 e. The molecule has 1 N–H and O–H groups in total. The number of hydrogen-bond donors (Lipinski definition) is 1. The SMILES string of the molecule is O=C(CCN1CCN(c2cnccn2)CC1)Nc1ccc(F)c(F)c1. The van der Waals surface area contributed by atoms with Gasteiger partial charge in [0.15, 0.2) is 11.6 Å². The van der Waals surface area contributed by atoms with Gasteiger partial charge in [0, 0.05) is 63.3 Å². The molecule has 0 unspecified atom stereocenters. The molecule has 2 aromatic rings. The molecule has 2 heterocycles. The van der Waals surface area contributed by atoms with Gasteiger partial charge < -0.3 is 10.2 Å². The van der Waals surface area contributed by atoms with Crippen LogP contribution in [-0.4, -0.2) is 53.5 Å². The van der Waals surface area contributed by atoms with Gasteiger partial charge in [-0.2, -0.15) is 0 Å². The van der Waals surface area contributed by atoms with Gasteiger partial charge in [-0.15, -0.1) is 0 Å². The summed E-state index contributed by atoms with van der Waals surface area (Å²) in [5.74, 6) is -1.27. The molecule has 8 heteroatoms. The normalized spacial score (nSPS) is 15.2. The Morgan fingerprint density at radius 3 is 2.60 bits per heavy atom. The summed E-state index contributed by atoms with van der Waals surface area (Å²) >= 11 is 0. The summed E-state index contributed by atoms with van der Waals surface area (Å²) in [5.41, 5.74) is 0.261. The molecule has 25 heavy (non-hydrogen) atoms. The highest BCUT2D eigenvalue weighted by atomic mass is 19.2. The predicted molar refractivity (Wildman–Crippen MR) is 90.3 cm³/mol. The van der Waals surface area contributed by atoms with Crippen LogP contribution in [-0.2, 0) is 4.79 Å². The molecular formula is C17H19F2N5O. The second-order valence-corrected chi connectivity index (χ2v) is 5.82. The maximum absolute atomic E-state index is 13.1. The number of nitrogens with one attached hydrogen (secondary N) is 1. The molecule has 1 aromatic carbocycles. The first kappa shape index (κ1) is 17.2. The van der Waals surface area contributed by atoms with Crippen LogP contribution in [0.15, 0.2) is 36.8 Å². The van der Waals surface area contributed by atoms with Crippen molar-refractivity contribution in [1.29, 1.82) is 0 Å². The van der Waals surface area contributed by atoms with E-state index in [2.05, 4.69) is 25.1 Å². The Kier molecular flexibility index (Phi) is 5.49. The monoisotopic (exact) mass is 347 g/mol. The van der Waals surface area contributed by atoms with Gasteiger partial charge in [-0.05, 0) is 12.1 Å². The molecule has 1 aliphatic rings. The molecule has 0 atom stereocenters. The average Bonchev–Trinajstić information content (AvgIpc) is 2.64. The van der Waals surface area contributed by atoms with Crippen molar-refractivity contribution < 1.29 is 13.6 Å². The van der Waals surface area contributed by atoms with E-state index >= 15 is 0 Å². The lowest BCUT2D eigenvalue weighted by Crippen LogP contribution is -2.47. The Hall–Kier alpha value is -2.61. The van der Waals surface area contributed by atoms with Crippen molar-refractivity contribution >= 4 is 17.4 Å².